The van der Waals surface area contributed by atoms with Crippen LogP contribution in [0.3, 0.4) is 0 Å². The summed E-state index contributed by atoms with van der Waals surface area (Å²) in [6.45, 7) is 5.36. The van der Waals surface area contributed by atoms with E-state index in [2.05, 4.69) is 29.6 Å². The van der Waals surface area contributed by atoms with Gasteiger partial charge in [0.1, 0.15) is 6.54 Å². The van der Waals surface area contributed by atoms with Gasteiger partial charge in [-0.2, -0.15) is 0 Å². The highest BCUT2D eigenvalue weighted by atomic mass is 16.2. The highest BCUT2D eigenvalue weighted by molar-refractivity contribution is 5.96. The van der Waals surface area contributed by atoms with Gasteiger partial charge in [-0.15, -0.1) is 0 Å². The molecule has 4 nitrogen and oxygen atoms in total. The number of carbonyl (C=O) groups is 2. The van der Waals surface area contributed by atoms with Crippen LogP contribution in [0.25, 0.3) is 0 Å². The average Bonchev–Trinajstić information content (AvgIpc) is 2.61. The van der Waals surface area contributed by atoms with Crippen molar-refractivity contribution < 1.29 is 14.5 Å². The van der Waals surface area contributed by atoms with E-state index < -0.39 is 0 Å². The average molecular weight is 323 g/mol. The molecule has 2 N–H and O–H groups in total. The monoisotopic (exact) mass is 323 g/mol. The van der Waals surface area contributed by atoms with Crippen molar-refractivity contribution in [1.82, 2.24) is 0 Å². The Hall–Kier alpha value is -2.46. The number of nitrogens with one attached hydrogen (secondary N) is 2. The molecule has 1 heterocycles. The van der Waals surface area contributed by atoms with E-state index in [9.17, 15) is 9.59 Å². The van der Waals surface area contributed by atoms with Crippen molar-refractivity contribution >= 4 is 17.4 Å². The lowest BCUT2D eigenvalue weighted by Crippen LogP contribution is -3.16. The third kappa shape index (κ3) is 3.54. The number of quaternary nitrogens is 1. The summed E-state index contributed by atoms with van der Waals surface area (Å²) in [4.78, 5) is 25.1. The number of hydrogen-bond donors (Lipinski definition) is 2. The van der Waals surface area contributed by atoms with Gasteiger partial charge in [-0.1, -0.05) is 24.3 Å². The molecule has 1 unspecified atom stereocenters. The topological polar surface area (TPSA) is 50.6 Å². The van der Waals surface area contributed by atoms with E-state index in [0.29, 0.717) is 5.56 Å². The fourth-order valence-corrected chi connectivity index (χ4v) is 3.20. The number of Topliss-reactive ketones (excluding diaryl/α,β-unsaturated/α-hetero) is 1. The van der Waals surface area contributed by atoms with Gasteiger partial charge in [0, 0.05) is 23.2 Å². The lowest BCUT2D eigenvalue weighted by atomic mass is 9.99. The summed E-state index contributed by atoms with van der Waals surface area (Å²) in [7, 11) is 0. The van der Waals surface area contributed by atoms with Crippen molar-refractivity contribution in [2.24, 2.45) is 0 Å². The largest absolute Gasteiger partial charge is 0.321 e. The number of carbonyl (C=O) groups excluding carboxylic acids is 2. The Morgan fingerprint density at radius 2 is 1.71 bits per heavy atom. The van der Waals surface area contributed by atoms with Gasteiger partial charge in [-0.25, -0.2) is 0 Å². The van der Waals surface area contributed by atoms with E-state index >= 15 is 0 Å². The molecule has 0 bridgehead atoms. The van der Waals surface area contributed by atoms with Crippen molar-refractivity contribution in [1.29, 1.82) is 0 Å². The van der Waals surface area contributed by atoms with Crippen molar-refractivity contribution in [3.05, 3.63) is 65.2 Å². The molecule has 1 aliphatic rings. The van der Waals surface area contributed by atoms with Crippen LogP contribution in [0.15, 0.2) is 48.5 Å². The molecule has 3 rings (SSSR count). The van der Waals surface area contributed by atoms with E-state index in [4.69, 9.17) is 0 Å². The zero-order chi connectivity index (χ0) is 17.1. The van der Waals surface area contributed by atoms with Gasteiger partial charge in [0.2, 0.25) is 0 Å². The number of anilines is 1. The van der Waals surface area contributed by atoms with Crippen molar-refractivity contribution in [3.63, 3.8) is 0 Å². The SMILES string of the molecule is CC(=O)c1ccc(NC(=O)[C@H](C)[NH+]2CCc3ccccc3C2)cc1. The molecule has 1 amide bonds. The quantitative estimate of drug-likeness (QED) is 0.844. The van der Waals surface area contributed by atoms with E-state index in [-0.39, 0.29) is 17.7 Å². The fourth-order valence-electron chi connectivity index (χ4n) is 3.20. The van der Waals surface area contributed by atoms with Crippen LogP contribution < -0.4 is 10.2 Å². The molecule has 0 aliphatic carbocycles. The summed E-state index contributed by atoms with van der Waals surface area (Å²) in [5, 5.41) is 2.96. The van der Waals surface area contributed by atoms with Gasteiger partial charge in [0.05, 0.1) is 6.54 Å². The molecule has 1 aliphatic heterocycles. The maximum absolute atomic E-state index is 12.5. The zero-order valence-corrected chi connectivity index (χ0v) is 14.1. The molecule has 4 heteroatoms. The standard InChI is InChI=1S/C20H22N2O2/c1-14(22-12-11-17-5-3-4-6-18(17)13-22)20(24)21-19-9-7-16(8-10-19)15(2)23/h3-10,14H,11-13H2,1-2H3,(H,21,24)/p+1/t14-/m0/s1. The number of ketones is 1. The summed E-state index contributed by atoms with van der Waals surface area (Å²) >= 11 is 0. The van der Waals surface area contributed by atoms with Gasteiger partial charge >= 0.3 is 0 Å². The summed E-state index contributed by atoms with van der Waals surface area (Å²) in [5.74, 6) is 0.0395. The maximum atomic E-state index is 12.5. The van der Waals surface area contributed by atoms with Crippen LogP contribution in [0.2, 0.25) is 0 Å². The predicted octanol–water partition coefficient (Wildman–Crippen LogP) is 1.86. The van der Waals surface area contributed by atoms with Crippen LogP contribution in [-0.4, -0.2) is 24.3 Å². The summed E-state index contributed by atoms with van der Waals surface area (Å²) in [5.41, 5.74) is 4.12. The summed E-state index contributed by atoms with van der Waals surface area (Å²) in [6, 6.07) is 15.4. The highest BCUT2D eigenvalue weighted by Crippen LogP contribution is 2.12. The minimum Gasteiger partial charge on any atom is -0.321 e. The predicted molar refractivity (Wildman–Crippen MR) is 94.2 cm³/mol. The molecule has 2 aromatic carbocycles. The van der Waals surface area contributed by atoms with E-state index in [1.54, 1.807) is 24.3 Å². The lowest BCUT2D eigenvalue weighted by molar-refractivity contribution is -0.929. The zero-order valence-electron chi connectivity index (χ0n) is 14.1. The second-order valence-electron chi connectivity index (χ2n) is 6.45. The molecule has 0 saturated carbocycles. The van der Waals surface area contributed by atoms with Crippen LogP contribution in [0, 0.1) is 0 Å². The molecule has 24 heavy (non-hydrogen) atoms. The van der Waals surface area contributed by atoms with Gasteiger partial charge in [-0.3, -0.25) is 9.59 Å². The number of benzene rings is 2. The third-order valence-corrected chi connectivity index (χ3v) is 4.82. The number of amides is 1. The van der Waals surface area contributed by atoms with Crippen LogP contribution in [0.1, 0.15) is 35.3 Å². The van der Waals surface area contributed by atoms with Gasteiger partial charge < -0.3 is 10.2 Å². The van der Waals surface area contributed by atoms with E-state index in [1.165, 1.54) is 23.0 Å². The first-order valence-electron chi connectivity index (χ1n) is 8.38. The Kier molecular flexibility index (Phi) is 4.76. The van der Waals surface area contributed by atoms with E-state index in [1.807, 2.05) is 6.92 Å². The molecular formula is C20H23N2O2+. The molecule has 2 aromatic rings. The molecule has 124 valence electrons. The first-order chi connectivity index (χ1) is 11.5. The summed E-state index contributed by atoms with van der Waals surface area (Å²) in [6.07, 6.45) is 1.01. The Labute approximate surface area is 142 Å². The Morgan fingerprint density at radius 1 is 1.04 bits per heavy atom. The maximum Gasteiger partial charge on any atom is 0.282 e. The lowest BCUT2D eigenvalue weighted by Gasteiger charge is -2.30. The molecule has 2 atom stereocenters. The van der Waals surface area contributed by atoms with Crippen LogP contribution in [0.5, 0.6) is 0 Å². The molecule has 0 aromatic heterocycles. The van der Waals surface area contributed by atoms with Crippen LogP contribution >= 0.6 is 0 Å². The molecule has 0 radical (unpaired) electrons. The second kappa shape index (κ2) is 6.97. The fraction of sp³-hybridized carbons (Fsp3) is 0.300. The number of hydrogen-bond acceptors (Lipinski definition) is 2. The number of rotatable bonds is 4. The minimum atomic E-state index is -0.120. The Bertz CT molecular complexity index is 752. The highest BCUT2D eigenvalue weighted by Gasteiger charge is 2.28. The molecule has 0 saturated heterocycles. The van der Waals surface area contributed by atoms with Crippen LogP contribution in [-0.2, 0) is 17.8 Å². The first kappa shape index (κ1) is 16.4. The molecular weight excluding hydrogens is 300 g/mol. The van der Waals surface area contributed by atoms with Gasteiger partial charge in [-0.05, 0) is 43.7 Å². The normalized spacial score (nSPS) is 17.7. The minimum absolute atomic E-state index is 0.0138. The Balaban J connectivity index is 1.64. The molecule has 0 fully saturated rings. The van der Waals surface area contributed by atoms with Gasteiger partial charge in [0.25, 0.3) is 5.91 Å². The summed E-state index contributed by atoms with van der Waals surface area (Å²) < 4.78 is 0. The van der Waals surface area contributed by atoms with E-state index in [0.717, 1.165) is 25.2 Å². The van der Waals surface area contributed by atoms with Crippen molar-refractivity contribution in [3.8, 4) is 0 Å². The van der Waals surface area contributed by atoms with Gasteiger partial charge in [0.15, 0.2) is 11.8 Å². The van der Waals surface area contributed by atoms with Crippen molar-refractivity contribution in [2.75, 3.05) is 11.9 Å². The third-order valence-electron chi connectivity index (χ3n) is 4.82. The first-order valence-corrected chi connectivity index (χ1v) is 8.38. The number of fused-ring (bicyclic) bond motifs is 1. The Morgan fingerprint density at radius 3 is 2.38 bits per heavy atom. The smallest absolute Gasteiger partial charge is 0.282 e. The van der Waals surface area contributed by atoms with Crippen LogP contribution in [0.4, 0.5) is 5.69 Å². The van der Waals surface area contributed by atoms with Crippen molar-refractivity contribution in [2.45, 2.75) is 32.9 Å². The second-order valence-corrected chi connectivity index (χ2v) is 6.45. The molecule has 0 spiro atoms.